The van der Waals surface area contributed by atoms with Crippen molar-refractivity contribution in [2.24, 2.45) is 0 Å². The first-order valence-electron chi connectivity index (χ1n) is 21.4. The molecule has 12 unspecified atom stereocenters. The van der Waals surface area contributed by atoms with E-state index in [9.17, 15) is 45.6 Å². The van der Waals surface area contributed by atoms with E-state index in [2.05, 4.69) is 31.3 Å². The van der Waals surface area contributed by atoms with Gasteiger partial charge in [0, 0.05) is 6.42 Å². The van der Waals surface area contributed by atoms with Crippen LogP contribution < -0.4 is 5.32 Å². The SMILES string of the molecule is CCCCCC/C=C\CCCCCCCC(=O)NC(COC1OC(CO)C(OC2OC(CO)C(O)C(O)C2O)C(O)C1O)C(O)CCCCCCCCCC. The van der Waals surface area contributed by atoms with Gasteiger partial charge < -0.3 is 65.1 Å². The molecule has 12 atom stereocenters. The topological polar surface area (TPSA) is 228 Å². The summed E-state index contributed by atoms with van der Waals surface area (Å²) in [6, 6.07) is -0.825. The van der Waals surface area contributed by atoms with E-state index >= 15 is 0 Å². The average molecular weight is 792 g/mol. The lowest BCUT2D eigenvalue weighted by molar-refractivity contribution is -0.359. The highest BCUT2D eigenvalue weighted by atomic mass is 16.7. The van der Waals surface area contributed by atoms with Crippen LogP contribution >= 0.6 is 0 Å². The molecule has 2 heterocycles. The van der Waals surface area contributed by atoms with Gasteiger partial charge in [-0.2, -0.15) is 0 Å². The summed E-state index contributed by atoms with van der Waals surface area (Å²) in [4.78, 5) is 13.0. The van der Waals surface area contributed by atoms with Crippen LogP contribution in [0, 0.1) is 0 Å². The minimum absolute atomic E-state index is 0.221. The molecule has 0 aromatic rings. The van der Waals surface area contributed by atoms with Gasteiger partial charge in [0.25, 0.3) is 0 Å². The predicted octanol–water partition coefficient (Wildman–Crippen LogP) is 3.26. The summed E-state index contributed by atoms with van der Waals surface area (Å²) < 4.78 is 22.6. The maximum absolute atomic E-state index is 13.0. The molecule has 2 saturated heterocycles. The van der Waals surface area contributed by atoms with Crippen molar-refractivity contribution >= 4 is 5.91 Å². The minimum Gasteiger partial charge on any atom is -0.394 e. The third kappa shape index (κ3) is 18.9. The normalized spacial score (nSPS) is 29.8. The average Bonchev–Trinajstić information content (AvgIpc) is 3.18. The highest BCUT2D eigenvalue weighted by Crippen LogP contribution is 2.30. The number of hydrogen-bond acceptors (Lipinski definition) is 13. The van der Waals surface area contributed by atoms with Gasteiger partial charge in [0.2, 0.25) is 5.91 Å². The summed E-state index contributed by atoms with van der Waals surface area (Å²) in [5.74, 6) is -0.221. The van der Waals surface area contributed by atoms with E-state index in [1.165, 1.54) is 51.4 Å². The molecule has 0 radical (unpaired) electrons. The van der Waals surface area contributed by atoms with Crippen LogP contribution in [-0.4, -0.2) is 140 Å². The van der Waals surface area contributed by atoms with Crippen LogP contribution in [0.3, 0.4) is 0 Å². The maximum Gasteiger partial charge on any atom is 0.220 e. The summed E-state index contributed by atoms with van der Waals surface area (Å²) in [6.07, 6.45) is 9.59. The third-order valence-electron chi connectivity index (χ3n) is 10.7. The molecule has 0 saturated carbocycles. The van der Waals surface area contributed by atoms with Gasteiger partial charge in [-0.05, 0) is 38.5 Å². The van der Waals surface area contributed by atoms with Crippen molar-refractivity contribution in [3.8, 4) is 0 Å². The van der Waals surface area contributed by atoms with E-state index in [1.54, 1.807) is 0 Å². The number of allylic oxidation sites excluding steroid dienone is 2. The number of unbranched alkanes of at least 4 members (excludes halogenated alkanes) is 16. The monoisotopic (exact) mass is 792 g/mol. The fraction of sp³-hybridized carbons (Fsp3) is 0.927. The Labute approximate surface area is 329 Å². The van der Waals surface area contributed by atoms with Gasteiger partial charge in [-0.15, -0.1) is 0 Å². The molecule has 0 aliphatic carbocycles. The molecule has 2 rings (SSSR count). The van der Waals surface area contributed by atoms with E-state index in [0.717, 1.165) is 64.2 Å². The Bertz CT molecular complexity index is 988. The van der Waals surface area contributed by atoms with Crippen molar-refractivity contribution in [1.82, 2.24) is 5.32 Å². The highest BCUT2D eigenvalue weighted by Gasteiger charge is 2.50. The summed E-state index contributed by atoms with van der Waals surface area (Å²) in [5.41, 5.74) is 0. The van der Waals surface area contributed by atoms with Crippen LogP contribution in [0.5, 0.6) is 0 Å². The number of rotatable bonds is 31. The van der Waals surface area contributed by atoms with E-state index in [4.69, 9.17) is 18.9 Å². The second kappa shape index (κ2) is 29.9. The Morgan fingerprint density at radius 2 is 1.15 bits per heavy atom. The lowest BCUT2D eigenvalue weighted by Gasteiger charge is -2.46. The molecule has 1 amide bonds. The molecule has 0 spiro atoms. The molecular formula is C41H77NO13. The molecule has 0 bridgehead atoms. The summed E-state index contributed by atoms with van der Waals surface area (Å²) in [5, 5.41) is 86.2. The molecule has 324 valence electrons. The van der Waals surface area contributed by atoms with Gasteiger partial charge in [-0.25, -0.2) is 0 Å². The number of aliphatic hydroxyl groups excluding tert-OH is 8. The van der Waals surface area contributed by atoms with E-state index in [0.29, 0.717) is 19.3 Å². The summed E-state index contributed by atoms with van der Waals surface area (Å²) in [7, 11) is 0. The molecule has 9 N–H and O–H groups in total. The van der Waals surface area contributed by atoms with E-state index in [-0.39, 0.29) is 12.5 Å². The maximum atomic E-state index is 13.0. The zero-order valence-corrected chi connectivity index (χ0v) is 33.7. The van der Waals surface area contributed by atoms with Crippen molar-refractivity contribution in [1.29, 1.82) is 0 Å². The standard InChI is InChI=1S/C41H77NO13/c1-3-5-7-9-11-13-14-15-16-17-19-21-23-25-33(46)42-29(30(45)24-22-20-18-12-10-8-6-4-2)28-52-40-38(51)36(49)39(32(27-44)54-40)55-41-37(50)35(48)34(47)31(26-43)53-41/h13-14,29-32,34-41,43-45,47-51H,3-12,15-28H2,1-2H3,(H,42,46)/b14-13-. The summed E-state index contributed by atoms with van der Waals surface area (Å²) >= 11 is 0. The van der Waals surface area contributed by atoms with Crippen molar-refractivity contribution < 1.29 is 64.6 Å². The van der Waals surface area contributed by atoms with Gasteiger partial charge in [-0.3, -0.25) is 4.79 Å². The van der Waals surface area contributed by atoms with Crippen LogP contribution in [-0.2, 0) is 23.7 Å². The first-order chi connectivity index (χ1) is 26.6. The number of hydrogen-bond donors (Lipinski definition) is 9. The highest BCUT2D eigenvalue weighted by molar-refractivity contribution is 5.76. The van der Waals surface area contributed by atoms with Crippen molar-refractivity contribution in [2.75, 3.05) is 19.8 Å². The number of carbonyl (C=O) groups is 1. The first kappa shape index (κ1) is 49.9. The van der Waals surface area contributed by atoms with Gasteiger partial charge in [0.1, 0.15) is 48.8 Å². The Morgan fingerprint density at radius 1 is 0.636 bits per heavy atom. The van der Waals surface area contributed by atoms with Gasteiger partial charge in [-0.1, -0.05) is 116 Å². The third-order valence-corrected chi connectivity index (χ3v) is 10.7. The number of carbonyl (C=O) groups excluding carboxylic acids is 1. The number of aliphatic hydroxyl groups is 8. The largest absolute Gasteiger partial charge is 0.394 e. The smallest absolute Gasteiger partial charge is 0.220 e. The lowest BCUT2D eigenvalue weighted by atomic mass is 9.97. The Morgan fingerprint density at radius 3 is 1.75 bits per heavy atom. The zero-order valence-electron chi connectivity index (χ0n) is 33.7. The lowest BCUT2D eigenvalue weighted by Crippen LogP contribution is -2.65. The van der Waals surface area contributed by atoms with E-state index in [1.807, 2.05) is 0 Å². The number of amides is 1. The van der Waals surface area contributed by atoms with Crippen LogP contribution in [0.25, 0.3) is 0 Å². The molecule has 0 aromatic carbocycles. The molecule has 2 fully saturated rings. The Balaban J connectivity index is 1.90. The van der Waals surface area contributed by atoms with Crippen LogP contribution in [0.1, 0.15) is 149 Å². The van der Waals surface area contributed by atoms with Crippen LogP contribution in [0.15, 0.2) is 12.2 Å². The fourth-order valence-electron chi connectivity index (χ4n) is 7.11. The molecular weight excluding hydrogens is 714 g/mol. The Hall–Kier alpha value is -1.27. The first-order valence-corrected chi connectivity index (χ1v) is 21.4. The predicted molar refractivity (Wildman–Crippen MR) is 208 cm³/mol. The molecule has 2 aliphatic heterocycles. The quantitative estimate of drug-likeness (QED) is 0.0364. The van der Waals surface area contributed by atoms with E-state index < -0.39 is 86.8 Å². The number of ether oxygens (including phenoxy) is 4. The molecule has 14 heteroatoms. The van der Waals surface area contributed by atoms with Crippen molar-refractivity contribution in [3.05, 3.63) is 12.2 Å². The van der Waals surface area contributed by atoms with Gasteiger partial charge >= 0.3 is 0 Å². The summed E-state index contributed by atoms with van der Waals surface area (Å²) in [6.45, 7) is 2.75. The molecule has 14 nitrogen and oxygen atoms in total. The molecule has 2 aliphatic rings. The van der Waals surface area contributed by atoms with Gasteiger partial charge in [0.05, 0.1) is 32.0 Å². The fourth-order valence-corrected chi connectivity index (χ4v) is 7.11. The Kier molecular flexibility index (Phi) is 27.1. The molecule has 0 aromatic heterocycles. The van der Waals surface area contributed by atoms with Crippen LogP contribution in [0.2, 0.25) is 0 Å². The van der Waals surface area contributed by atoms with Gasteiger partial charge in [0.15, 0.2) is 12.6 Å². The second-order valence-electron chi connectivity index (χ2n) is 15.5. The number of nitrogens with one attached hydrogen (secondary N) is 1. The molecule has 55 heavy (non-hydrogen) atoms. The van der Waals surface area contributed by atoms with Crippen LogP contribution in [0.4, 0.5) is 0 Å². The van der Waals surface area contributed by atoms with Crippen molar-refractivity contribution in [3.63, 3.8) is 0 Å². The zero-order chi connectivity index (χ0) is 40.4. The second-order valence-corrected chi connectivity index (χ2v) is 15.5. The van der Waals surface area contributed by atoms with Crippen molar-refractivity contribution in [2.45, 2.75) is 222 Å². The minimum atomic E-state index is -1.78.